The molecule has 0 bridgehead atoms. The van der Waals surface area contributed by atoms with Gasteiger partial charge in [0.05, 0.1) is 10.9 Å². The molecule has 2 atom stereocenters. The average molecular weight is 277 g/mol. The Kier molecular flexibility index (Phi) is 4.22. The highest BCUT2D eigenvalue weighted by Crippen LogP contribution is 2.28. The Morgan fingerprint density at radius 2 is 2.53 bits per heavy atom. The van der Waals surface area contributed by atoms with Crippen LogP contribution in [-0.2, 0) is 0 Å². The predicted octanol–water partition coefficient (Wildman–Crippen LogP) is 1.21. The Labute approximate surface area is 108 Å². The minimum atomic E-state index is -0.492. The van der Waals surface area contributed by atoms with E-state index < -0.39 is 6.09 Å². The largest absolute Gasteiger partial charge is 0.413 e. The van der Waals surface area contributed by atoms with Gasteiger partial charge in [-0.3, -0.25) is 0 Å². The number of carbonyl (C=O) groups excluding carboxylic acids is 1. The van der Waals surface area contributed by atoms with Gasteiger partial charge in [0, 0.05) is 18.6 Å². The highest BCUT2D eigenvalue weighted by atomic mass is 35.5. The van der Waals surface area contributed by atoms with Crippen molar-refractivity contribution in [2.24, 2.45) is 0 Å². The van der Waals surface area contributed by atoms with Crippen molar-refractivity contribution in [1.29, 1.82) is 0 Å². The molecule has 1 amide bonds. The first-order chi connectivity index (χ1) is 8.17. The molecule has 0 saturated carbocycles. The van der Waals surface area contributed by atoms with Crippen molar-refractivity contribution in [3.8, 4) is 5.06 Å². The molecule has 0 aromatic carbocycles. The van der Waals surface area contributed by atoms with Crippen LogP contribution < -0.4 is 15.4 Å². The Morgan fingerprint density at radius 1 is 1.71 bits per heavy atom. The second-order valence-electron chi connectivity index (χ2n) is 3.81. The fourth-order valence-electron chi connectivity index (χ4n) is 1.71. The molecule has 1 aromatic heterocycles. The standard InChI is InChI=1S/C10H13ClN2O3S/c11-8-1-2-9(17-8)16-10(15)13-6-3-7(5-14)12-4-6/h1-2,6-7,12,14H,3-5H2,(H,13,15)/t6-,7+/m1/s1. The molecular formula is C10H13ClN2O3S. The van der Waals surface area contributed by atoms with Crippen molar-refractivity contribution in [2.75, 3.05) is 13.2 Å². The molecule has 0 spiro atoms. The normalized spacial score (nSPS) is 23.6. The van der Waals surface area contributed by atoms with E-state index >= 15 is 0 Å². The molecule has 17 heavy (non-hydrogen) atoms. The fraction of sp³-hybridized carbons (Fsp3) is 0.500. The summed E-state index contributed by atoms with van der Waals surface area (Å²) in [6, 6.07) is 3.37. The Morgan fingerprint density at radius 3 is 3.12 bits per heavy atom. The summed E-state index contributed by atoms with van der Waals surface area (Å²) in [5.41, 5.74) is 0. The van der Waals surface area contributed by atoms with Crippen LogP contribution >= 0.6 is 22.9 Å². The molecule has 1 saturated heterocycles. The van der Waals surface area contributed by atoms with Crippen molar-refractivity contribution in [3.05, 3.63) is 16.5 Å². The number of amides is 1. The predicted molar refractivity (Wildman–Crippen MR) is 65.8 cm³/mol. The molecular weight excluding hydrogens is 264 g/mol. The lowest BCUT2D eigenvalue weighted by Gasteiger charge is -2.10. The lowest BCUT2D eigenvalue weighted by Crippen LogP contribution is -2.37. The number of rotatable bonds is 3. The topological polar surface area (TPSA) is 70.6 Å². The summed E-state index contributed by atoms with van der Waals surface area (Å²) in [6.07, 6.45) is 0.213. The average Bonchev–Trinajstić information content (AvgIpc) is 2.88. The third kappa shape index (κ3) is 3.57. The van der Waals surface area contributed by atoms with Gasteiger partial charge in [0.15, 0.2) is 5.06 Å². The van der Waals surface area contributed by atoms with Gasteiger partial charge >= 0.3 is 6.09 Å². The monoisotopic (exact) mass is 276 g/mol. The summed E-state index contributed by atoms with van der Waals surface area (Å²) in [4.78, 5) is 11.5. The van der Waals surface area contributed by atoms with Gasteiger partial charge in [-0.15, -0.1) is 0 Å². The molecule has 1 aliphatic rings. The van der Waals surface area contributed by atoms with Gasteiger partial charge in [-0.25, -0.2) is 4.79 Å². The number of aliphatic hydroxyl groups excluding tert-OH is 1. The molecule has 1 fully saturated rings. The zero-order chi connectivity index (χ0) is 12.3. The summed E-state index contributed by atoms with van der Waals surface area (Å²) in [7, 11) is 0. The van der Waals surface area contributed by atoms with Crippen LogP contribution in [0.3, 0.4) is 0 Å². The van der Waals surface area contributed by atoms with E-state index in [-0.39, 0.29) is 18.7 Å². The zero-order valence-electron chi connectivity index (χ0n) is 8.98. The Bertz CT molecular complexity index is 399. The van der Waals surface area contributed by atoms with Crippen LogP contribution in [0, 0.1) is 0 Å². The van der Waals surface area contributed by atoms with E-state index in [1.54, 1.807) is 12.1 Å². The molecule has 7 heteroatoms. The minimum absolute atomic E-state index is 0.00455. The van der Waals surface area contributed by atoms with Gasteiger partial charge in [-0.1, -0.05) is 22.9 Å². The number of thiophene rings is 1. The smallest absolute Gasteiger partial charge is 0.399 e. The highest BCUT2D eigenvalue weighted by molar-refractivity contribution is 7.17. The molecule has 94 valence electrons. The maximum atomic E-state index is 11.5. The van der Waals surface area contributed by atoms with Crippen molar-refractivity contribution in [3.63, 3.8) is 0 Å². The third-order valence-corrected chi connectivity index (χ3v) is 3.62. The lowest BCUT2D eigenvalue weighted by molar-refractivity contribution is 0.197. The molecule has 0 radical (unpaired) electrons. The highest BCUT2D eigenvalue weighted by Gasteiger charge is 2.25. The number of halogens is 1. The fourth-order valence-corrected chi connectivity index (χ4v) is 2.58. The molecule has 0 aliphatic carbocycles. The maximum absolute atomic E-state index is 11.5. The third-order valence-electron chi connectivity index (χ3n) is 2.51. The maximum Gasteiger partial charge on any atom is 0.413 e. The molecule has 3 N–H and O–H groups in total. The van der Waals surface area contributed by atoms with Crippen molar-refractivity contribution in [1.82, 2.24) is 10.6 Å². The summed E-state index contributed by atoms with van der Waals surface area (Å²) in [5, 5.41) is 15.2. The van der Waals surface area contributed by atoms with E-state index in [0.717, 1.165) is 0 Å². The van der Waals surface area contributed by atoms with Crippen LogP contribution in [0.1, 0.15) is 6.42 Å². The summed E-state index contributed by atoms with van der Waals surface area (Å²) < 4.78 is 5.64. The van der Waals surface area contributed by atoms with Crippen LogP contribution in [-0.4, -0.2) is 36.4 Å². The van der Waals surface area contributed by atoms with Crippen molar-refractivity contribution < 1.29 is 14.6 Å². The number of hydrogen-bond acceptors (Lipinski definition) is 5. The van der Waals surface area contributed by atoms with E-state index in [1.165, 1.54) is 11.3 Å². The van der Waals surface area contributed by atoms with Crippen LogP contribution in [0.2, 0.25) is 4.34 Å². The van der Waals surface area contributed by atoms with Crippen LogP contribution in [0.4, 0.5) is 4.79 Å². The van der Waals surface area contributed by atoms with Gasteiger partial charge < -0.3 is 20.5 Å². The number of nitrogens with one attached hydrogen (secondary N) is 2. The first-order valence-corrected chi connectivity index (χ1v) is 6.44. The lowest BCUT2D eigenvalue weighted by atomic mass is 10.2. The quantitative estimate of drug-likeness (QED) is 0.776. The molecule has 5 nitrogen and oxygen atoms in total. The molecule has 1 aromatic rings. The first kappa shape index (κ1) is 12.6. The first-order valence-electron chi connectivity index (χ1n) is 5.25. The number of carbonyl (C=O) groups is 1. The minimum Gasteiger partial charge on any atom is -0.399 e. The van der Waals surface area contributed by atoms with E-state index in [0.29, 0.717) is 22.4 Å². The number of hydrogen-bond donors (Lipinski definition) is 3. The van der Waals surface area contributed by atoms with Crippen molar-refractivity contribution >= 4 is 29.0 Å². The second-order valence-corrected chi connectivity index (χ2v) is 5.49. The van der Waals surface area contributed by atoms with E-state index in [1.807, 2.05) is 0 Å². The van der Waals surface area contributed by atoms with E-state index in [9.17, 15) is 4.79 Å². The summed E-state index contributed by atoms with van der Waals surface area (Å²) in [6.45, 7) is 0.722. The summed E-state index contributed by atoms with van der Waals surface area (Å²) >= 11 is 6.93. The van der Waals surface area contributed by atoms with Gasteiger partial charge in [-0.2, -0.15) is 0 Å². The van der Waals surface area contributed by atoms with Gasteiger partial charge in [0.25, 0.3) is 0 Å². The van der Waals surface area contributed by atoms with Crippen LogP contribution in [0.5, 0.6) is 5.06 Å². The Balaban J connectivity index is 1.78. The van der Waals surface area contributed by atoms with E-state index in [2.05, 4.69) is 10.6 Å². The molecule has 2 heterocycles. The van der Waals surface area contributed by atoms with E-state index in [4.69, 9.17) is 21.4 Å². The van der Waals surface area contributed by atoms with Crippen molar-refractivity contribution in [2.45, 2.75) is 18.5 Å². The van der Waals surface area contributed by atoms with Gasteiger partial charge in [0.1, 0.15) is 0 Å². The zero-order valence-corrected chi connectivity index (χ0v) is 10.6. The molecule has 2 rings (SSSR count). The molecule has 0 unspecified atom stereocenters. The van der Waals surface area contributed by atoms with Gasteiger partial charge in [0.2, 0.25) is 0 Å². The van der Waals surface area contributed by atoms with Crippen LogP contribution in [0.25, 0.3) is 0 Å². The SMILES string of the molecule is O=C(N[C@H]1CN[C@H](CO)C1)Oc1ccc(Cl)s1. The number of aliphatic hydroxyl groups is 1. The molecule has 1 aliphatic heterocycles. The van der Waals surface area contributed by atoms with Crippen LogP contribution in [0.15, 0.2) is 12.1 Å². The second kappa shape index (κ2) is 5.68. The van der Waals surface area contributed by atoms with Gasteiger partial charge in [-0.05, 0) is 18.6 Å². The number of ether oxygens (including phenoxy) is 1. The summed E-state index contributed by atoms with van der Waals surface area (Å²) in [5.74, 6) is 0. The Hall–Kier alpha value is -0.820.